The van der Waals surface area contributed by atoms with Crippen LogP contribution in [0.4, 0.5) is 0 Å². The average Bonchev–Trinajstić information content (AvgIpc) is 2.78. The third-order valence-electron chi connectivity index (χ3n) is 5.44. The van der Waals surface area contributed by atoms with Gasteiger partial charge in [-0.2, -0.15) is 0 Å². The number of hydrogen-bond donors (Lipinski definition) is 1. The fourth-order valence-corrected chi connectivity index (χ4v) is 3.77. The van der Waals surface area contributed by atoms with Crippen LogP contribution in [0.15, 0.2) is 54.6 Å². The van der Waals surface area contributed by atoms with Gasteiger partial charge in [0.1, 0.15) is 13.2 Å². The van der Waals surface area contributed by atoms with Crippen molar-refractivity contribution in [1.82, 2.24) is 0 Å². The average molecular weight is 408 g/mol. The van der Waals surface area contributed by atoms with Crippen LogP contribution in [-0.4, -0.2) is 30.3 Å². The maximum absolute atomic E-state index is 12.7. The Morgan fingerprint density at radius 1 is 0.933 bits per heavy atom. The molecule has 0 aromatic heterocycles. The smallest absolute Gasteiger partial charge is 0.309 e. The molecule has 0 amide bonds. The molecule has 2 unspecified atom stereocenters. The maximum atomic E-state index is 12.7. The van der Waals surface area contributed by atoms with Crippen molar-refractivity contribution >= 4 is 33.5 Å². The third kappa shape index (κ3) is 4.97. The van der Waals surface area contributed by atoms with Gasteiger partial charge in [0.2, 0.25) is 0 Å². The summed E-state index contributed by atoms with van der Waals surface area (Å²) in [5.41, 5.74) is 0.985. The quantitative estimate of drug-likeness (QED) is 0.413. The number of carbonyl (C=O) groups excluding carboxylic acids is 2. The predicted molar refractivity (Wildman–Crippen MR) is 117 cm³/mol. The molecule has 0 bridgehead atoms. The topological polar surface area (TPSA) is 72.8 Å². The zero-order valence-electron chi connectivity index (χ0n) is 17.5. The second kappa shape index (κ2) is 10.2. The number of carbonyl (C=O) groups is 2. The molecule has 30 heavy (non-hydrogen) atoms. The lowest BCUT2D eigenvalue weighted by atomic mass is 9.93. The van der Waals surface area contributed by atoms with E-state index in [1.165, 1.54) is 0 Å². The summed E-state index contributed by atoms with van der Waals surface area (Å²) in [4.78, 5) is 24.7. The molecule has 0 radical (unpaired) electrons. The molecule has 0 aliphatic rings. The molecule has 0 aliphatic heterocycles. The molecule has 1 N–H and O–H groups in total. The normalized spacial score (nSPS) is 13.2. The minimum absolute atomic E-state index is 0.0255. The van der Waals surface area contributed by atoms with E-state index < -0.39 is 11.8 Å². The SMILES string of the molecule is CCC(CC(C)C(=O)OCc1c2ccccc2cc2ccccc12)C(=O)OCCO. The van der Waals surface area contributed by atoms with Crippen molar-refractivity contribution < 1.29 is 24.2 Å². The van der Waals surface area contributed by atoms with Crippen LogP contribution in [0.5, 0.6) is 0 Å². The summed E-state index contributed by atoms with van der Waals surface area (Å²) in [7, 11) is 0. The van der Waals surface area contributed by atoms with Gasteiger partial charge in [0.25, 0.3) is 0 Å². The monoisotopic (exact) mass is 408 g/mol. The van der Waals surface area contributed by atoms with E-state index in [1.54, 1.807) is 6.92 Å². The zero-order valence-corrected chi connectivity index (χ0v) is 17.5. The first-order valence-electron chi connectivity index (χ1n) is 10.4. The third-order valence-corrected chi connectivity index (χ3v) is 5.44. The molecule has 5 heteroatoms. The van der Waals surface area contributed by atoms with Crippen molar-refractivity contribution in [3.05, 3.63) is 60.2 Å². The van der Waals surface area contributed by atoms with Crippen molar-refractivity contribution in [3.63, 3.8) is 0 Å². The van der Waals surface area contributed by atoms with Crippen molar-refractivity contribution in [3.8, 4) is 0 Å². The van der Waals surface area contributed by atoms with Crippen LogP contribution in [-0.2, 0) is 25.7 Å². The molecule has 0 spiro atoms. The number of fused-ring (bicyclic) bond motifs is 2. The first-order chi connectivity index (χ1) is 14.5. The highest BCUT2D eigenvalue weighted by Gasteiger charge is 2.25. The summed E-state index contributed by atoms with van der Waals surface area (Å²) in [6.45, 7) is 3.59. The molecular weight excluding hydrogens is 380 g/mol. The molecule has 2 atom stereocenters. The van der Waals surface area contributed by atoms with E-state index in [2.05, 4.69) is 18.2 Å². The Labute approximate surface area is 176 Å². The Kier molecular flexibility index (Phi) is 7.41. The molecule has 3 aromatic carbocycles. The van der Waals surface area contributed by atoms with Gasteiger partial charge in [-0.25, -0.2) is 0 Å². The van der Waals surface area contributed by atoms with E-state index in [0.717, 1.165) is 27.1 Å². The van der Waals surface area contributed by atoms with Gasteiger partial charge in [0.15, 0.2) is 0 Å². The van der Waals surface area contributed by atoms with Gasteiger partial charge < -0.3 is 14.6 Å². The molecular formula is C25H28O5. The Morgan fingerprint density at radius 2 is 1.53 bits per heavy atom. The lowest BCUT2D eigenvalue weighted by Gasteiger charge is -2.18. The van der Waals surface area contributed by atoms with Gasteiger partial charge in [0, 0.05) is 5.56 Å². The molecule has 0 aliphatic carbocycles. The minimum Gasteiger partial charge on any atom is -0.463 e. The number of rotatable bonds is 9. The molecule has 0 saturated heterocycles. The summed E-state index contributed by atoms with van der Waals surface area (Å²) in [6.07, 6.45) is 0.922. The standard InChI is InChI=1S/C25H28O5/c1-3-18(25(28)29-13-12-26)14-17(2)24(27)30-16-23-21-10-6-4-8-19(21)15-20-9-5-7-11-22(20)23/h4-11,15,17-18,26H,3,12-14,16H2,1-2H3. The van der Waals surface area contributed by atoms with E-state index in [9.17, 15) is 9.59 Å². The predicted octanol–water partition coefficient (Wildman–Crippen LogP) is 4.62. The van der Waals surface area contributed by atoms with Crippen LogP contribution in [0.25, 0.3) is 21.5 Å². The van der Waals surface area contributed by atoms with Gasteiger partial charge >= 0.3 is 11.9 Å². The first kappa shape index (κ1) is 21.8. The van der Waals surface area contributed by atoms with E-state index >= 15 is 0 Å². The number of benzene rings is 3. The van der Waals surface area contributed by atoms with Crippen LogP contribution in [0.2, 0.25) is 0 Å². The number of esters is 2. The van der Waals surface area contributed by atoms with Gasteiger partial charge in [-0.15, -0.1) is 0 Å². The molecule has 3 rings (SSSR count). The zero-order chi connectivity index (χ0) is 21.5. The van der Waals surface area contributed by atoms with Gasteiger partial charge in [0.05, 0.1) is 18.4 Å². The maximum Gasteiger partial charge on any atom is 0.309 e. The van der Waals surface area contributed by atoms with Crippen molar-refractivity contribution in [2.24, 2.45) is 11.8 Å². The van der Waals surface area contributed by atoms with Gasteiger partial charge in [-0.05, 0) is 40.5 Å². The van der Waals surface area contributed by atoms with Crippen molar-refractivity contribution in [2.75, 3.05) is 13.2 Å². The number of ether oxygens (including phenoxy) is 2. The highest BCUT2D eigenvalue weighted by molar-refractivity contribution is 6.02. The van der Waals surface area contributed by atoms with Crippen LogP contribution in [0, 0.1) is 11.8 Å². The molecule has 3 aromatic rings. The fourth-order valence-electron chi connectivity index (χ4n) is 3.77. The fraction of sp³-hybridized carbons (Fsp3) is 0.360. The summed E-state index contributed by atoms with van der Waals surface area (Å²) in [6, 6.07) is 18.3. The van der Waals surface area contributed by atoms with Crippen LogP contribution < -0.4 is 0 Å². The molecule has 0 saturated carbocycles. The first-order valence-corrected chi connectivity index (χ1v) is 10.4. The summed E-state index contributed by atoms with van der Waals surface area (Å²) in [5.74, 6) is -1.54. The van der Waals surface area contributed by atoms with Crippen molar-refractivity contribution in [2.45, 2.75) is 33.3 Å². The Morgan fingerprint density at radius 3 is 2.10 bits per heavy atom. The summed E-state index contributed by atoms with van der Waals surface area (Å²) >= 11 is 0. The number of aliphatic hydroxyl groups is 1. The Hall–Kier alpha value is -2.92. The van der Waals surface area contributed by atoms with E-state index in [1.807, 2.05) is 43.3 Å². The summed E-state index contributed by atoms with van der Waals surface area (Å²) in [5, 5.41) is 13.2. The lowest BCUT2D eigenvalue weighted by molar-refractivity contribution is -0.153. The molecule has 0 fully saturated rings. The number of aliphatic hydroxyl groups excluding tert-OH is 1. The van der Waals surface area contributed by atoms with E-state index in [4.69, 9.17) is 14.6 Å². The van der Waals surface area contributed by atoms with E-state index in [0.29, 0.717) is 12.8 Å². The van der Waals surface area contributed by atoms with Crippen LogP contribution >= 0.6 is 0 Å². The van der Waals surface area contributed by atoms with E-state index in [-0.39, 0.29) is 31.8 Å². The van der Waals surface area contributed by atoms with Gasteiger partial charge in [-0.1, -0.05) is 62.4 Å². The lowest BCUT2D eigenvalue weighted by Crippen LogP contribution is -2.24. The number of hydrogen-bond acceptors (Lipinski definition) is 5. The Bertz CT molecular complexity index is 972. The Balaban J connectivity index is 1.73. The molecule has 0 heterocycles. The minimum atomic E-state index is -0.433. The second-order valence-electron chi connectivity index (χ2n) is 7.54. The summed E-state index contributed by atoms with van der Waals surface area (Å²) < 4.78 is 10.7. The van der Waals surface area contributed by atoms with Crippen molar-refractivity contribution in [1.29, 1.82) is 0 Å². The molecule has 5 nitrogen and oxygen atoms in total. The highest BCUT2D eigenvalue weighted by atomic mass is 16.5. The van der Waals surface area contributed by atoms with Crippen LogP contribution in [0.3, 0.4) is 0 Å². The second-order valence-corrected chi connectivity index (χ2v) is 7.54. The largest absolute Gasteiger partial charge is 0.463 e. The highest BCUT2D eigenvalue weighted by Crippen LogP contribution is 2.29. The van der Waals surface area contributed by atoms with Crippen LogP contribution in [0.1, 0.15) is 32.3 Å². The molecule has 158 valence electrons. The van der Waals surface area contributed by atoms with Gasteiger partial charge in [-0.3, -0.25) is 9.59 Å².